The van der Waals surface area contributed by atoms with Crippen LogP contribution in [0.1, 0.15) is 23.6 Å². The van der Waals surface area contributed by atoms with E-state index in [0.717, 1.165) is 73.2 Å². The van der Waals surface area contributed by atoms with Gasteiger partial charge in [0.2, 0.25) is 0 Å². The second-order valence-corrected chi connectivity index (χ2v) is 16.7. The topological polar surface area (TPSA) is 11.4 Å². The highest BCUT2D eigenvalue weighted by Crippen LogP contribution is 2.40. The number of hydrogen-bond acceptors (Lipinski definition) is 2. The van der Waals surface area contributed by atoms with Gasteiger partial charge in [0.05, 0.1) is 11.0 Å². The Labute approximate surface area is 386 Å². The maximum Gasteiger partial charge on any atom is 0.0541 e. The number of aromatic nitrogens is 1. The normalized spacial score (nSPS) is 11.6. The number of hydrogen-bond donors (Lipinski definition) is 0. The van der Waals surface area contributed by atoms with E-state index in [0.29, 0.717) is 0 Å². The Morgan fingerprint density at radius 3 is 1.42 bits per heavy atom. The molecule has 0 bridgehead atoms. The number of fused-ring (bicyclic) bond motifs is 4. The van der Waals surface area contributed by atoms with Crippen molar-refractivity contribution in [3.05, 3.63) is 266 Å². The third kappa shape index (κ3) is 7.63. The highest BCUT2D eigenvalue weighted by molar-refractivity contribution is 6.09. The minimum Gasteiger partial charge on any atom is -0.310 e. The highest BCUT2D eigenvalue weighted by Gasteiger charge is 2.18. The molecule has 1 aromatic heterocycles. The van der Waals surface area contributed by atoms with Gasteiger partial charge in [-0.15, -0.1) is 0 Å². The number of para-hydroxylation sites is 6. The highest BCUT2D eigenvalue weighted by atomic mass is 15.1. The van der Waals surface area contributed by atoms with Crippen LogP contribution < -0.4 is 9.80 Å². The molecule has 0 saturated carbocycles. The molecular weight excluding hydrogens is 799 g/mol. The summed E-state index contributed by atoms with van der Waals surface area (Å²) in [7, 11) is 0. The summed E-state index contributed by atoms with van der Waals surface area (Å²) in [5.74, 6) is 0. The van der Waals surface area contributed by atoms with Gasteiger partial charge in [0.1, 0.15) is 0 Å². The number of nitrogens with zero attached hydrogens (tertiary/aromatic N) is 3. The second kappa shape index (κ2) is 17.5. The lowest BCUT2D eigenvalue weighted by atomic mass is 9.94. The zero-order valence-corrected chi connectivity index (χ0v) is 36.8. The molecule has 1 heterocycles. The Kier molecular flexibility index (Phi) is 10.6. The second-order valence-electron chi connectivity index (χ2n) is 16.7. The van der Waals surface area contributed by atoms with Gasteiger partial charge in [0.15, 0.2) is 0 Å². The molecule has 11 aromatic rings. The zero-order valence-electron chi connectivity index (χ0n) is 36.8. The van der Waals surface area contributed by atoms with Crippen LogP contribution in [0.4, 0.5) is 34.1 Å². The van der Waals surface area contributed by atoms with Crippen molar-refractivity contribution in [2.24, 2.45) is 0 Å². The quantitative estimate of drug-likeness (QED) is 0.120. The van der Waals surface area contributed by atoms with E-state index in [1.54, 1.807) is 0 Å². The Morgan fingerprint density at radius 2 is 0.879 bits per heavy atom. The van der Waals surface area contributed by atoms with Crippen LogP contribution in [-0.2, 0) is 0 Å². The Morgan fingerprint density at radius 1 is 0.394 bits per heavy atom. The van der Waals surface area contributed by atoms with Crippen LogP contribution in [0.15, 0.2) is 249 Å². The molecule has 0 fully saturated rings. The summed E-state index contributed by atoms with van der Waals surface area (Å²) in [6.07, 6.45) is 4.27. The van der Waals surface area contributed by atoms with Gasteiger partial charge in [-0.1, -0.05) is 152 Å². The molecule has 0 radical (unpaired) electrons. The van der Waals surface area contributed by atoms with E-state index in [4.69, 9.17) is 0 Å². The smallest absolute Gasteiger partial charge is 0.0541 e. The monoisotopic (exact) mass is 845 g/mol. The van der Waals surface area contributed by atoms with E-state index in [1.165, 1.54) is 32.6 Å². The molecule has 0 aliphatic carbocycles. The van der Waals surface area contributed by atoms with Gasteiger partial charge in [0.25, 0.3) is 0 Å². The first-order valence-corrected chi connectivity index (χ1v) is 22.5. The van der Waals surface area contributed by atoms with Crippen molar-refractivity contribution < 1.29 is 0 Å². The van der Waals surface area contributed by atoms with Crippen molar-refractivity contribution in [3.63, 3.8) is 0 Å². The third-order valence-electron chi connectivity index (χ3n) is 12.6. The van der Waals surface area contributed by atoms with Crippen molar-refractivity contribution >= 4 is 84.4 Å². The summed E-state index contributed by atoms with van der Waals surface area (Å²) in [5, 5.41) is 4.84. The first-order valence-electron chi connectivity index (χ1n) is 22.5. The summed E-state index contributed by atoms with van der Waals surface area (Å²) >= 11 is 0. The molecule has 0 N–H and O–H groups in total. The summed E-state index contributed by atoms with van der Waals surface area (Å²) in [6, 6.07) is 87.2. The molecule has 0 spiro atoms. The van der Waals surface area contributed by atoms with Crippen LogP contribution in [0.5, 0.6) is 0 Å². The molecule has 0 atom stereocenters. The molecular formula is C63H47N3. The van der Waals surface area contributed by atoms with Crippen LogP contribution in [0, 0.1) is 0 Å². The Balaban J connectivity index is 1.08. The first-order chi connectivity index (χ1) is 32.6. The Bertz CT molecular complexity index is 3420. The maximum absolute atomic E-state index is 4.25. The zero-order chi connectivity index (χ0) is 44.4. The number of rotatable bonds is 11. The van der Waals surface area contributed by atoms with Crippen molar-refractivity contribution in [1.29, 1.82) is 0 Å². The summed E-state index contributed by atoms with van der Waals surface area (Å²) < 4.78 is 2.43. The van der Waals surface area contributed by atoms with Crippen LogP contribution in [0.2, 0.25) is 0 Å². The summed E-state index contributed by atoms with van der Waals surface area (Å²) in [6.45, 7) is 6.48. The summed E-state index contributed by atoms with van der Waals surface area (Å²) in [4.78, 5) is 4.64. The SMILES string of the molecule is C=Cc1ccc(N(c2ccccc2)c2ccccc2)cc1/C=C(\C)c1cc(-c2ccc3ccc(N(c4ccccc4)c4ccccc4)cc3c2)cc(-n2c3ccccc3c3ccccc32)c1. The average Bonchev–Trinajstić information content (AvgIpc) is 3.72. The van der Waals surface area contributed by atoms with E-state index in [1.807, 2.05) is 6.08 Å². The van der Waals surface area contributed by atoms with Crippen LogP contribution in [-0.4, -0.2) is 4.57 Å². The molecule has 3 nitrogen and oxygen atoms in total. The van der Waals surface area contributed by atoms with Gasteiger partial charge in [-0.25, -0.2) is 0 Å². The lowest BCUT2D eigenvalue weighted by Crippen LogP contribution is -2.10. The fraction of sp³-hybridized carbons (Fsp3) is 0.0159. The molecule has 3 heteroatoms. The lowest BCUT2D eigenvalue weighted by molar-refractivity contribution is 1.18. The molecule has 10 aromatic carbocycles. The van der Waals surface area contributed by atoms with Gasteiger partial charge < -0.3 is 14.4 Å². The standard InChI is InChI=1S/C63H47N3/c1-3-46-34-36-57(64(53-20-8-4-9-21-53)54-22-10-5-11-23-54)42-50(46)38-45(2)49-40-52(44-59(41-49)66-62-30-18-16-28-60(62)61-29-17-19-31-63(61)66)48-33-32-47-35-37-58(43-51(47)39-48)65(55-24-12-6-13-25-55)56-26-14-7-15-27-56/h3-44H,1H2,2H3/b45-38+. The van der Waals surface area contributed by atoms with E-state index >= 15 is 0 Å². The fourth-order valence-electron chi connectivity index (χ4n) is 9.42. The minimum atomic E-state index is 1.07. The molecule has 11 rings (SSSR count). The van der Waals surface area contributed by atoms with Crippen molar-refractivity contribution in [1.82, 2.24) is 4.57 Å². The number of anilines is 6. The van der Waals surface area contributed by atoms with Crippen molar-refractivity contribution in [2.45, 2.75) is 6.92 Å². The van der Waals surface area contributed by atoms with Gasteiger partial charge >= 0.3 is 0 Å². The molecule has 0 aliphatic rings. The van der Waals surface area contributed by atoms with E-state index in [2.05, 4.69) is 277 Å². The van der Waals surface area contributed by atoms with Gasteiger partial charge in [0, 0.05) is 50.6 Å². The van der Waals surface area contributed by atoms with Crippen molar-refractivity contribution in [3.8, 4) is 16.8 Å². The van der Waals surface area contributed by atoms with Crippen LogP contribution >= 0.6 is 0 Å². The molecule has 0 aliphatic heterocycles. The van der Waals surface area contributed by atoms with E-state index < -0.39 is 0 Å². The molecule has 0 amide bonds. The fourth-order valence-corrected chi connectivity index (χ4v) is 9.42. The predicted molar refractivity (Wildman–Crippen MR) is 283 cm³/mol. The average molecular weight is 846 g/mol. The number of allylic oxidation sites excluding steroid dienone is 1. The first kappa shape index (κ1) is 40.1. The van der Waals surface area contributed by atoms with E-state index in [-0.39, 0.29) is 0 Å². The number of benzene rings is 10. The molecule has 0 unspecified atom stereocenters. The third-order valence-corrected chi connectivity index (χ3v) is 12.6. The molecule has 0 saturated heterocycles. The van der Waals surface area contributed by atoms with Gasteiger partial charge in [-0.2, -0.15) is 0 Å². The van der Waals surface area contributed by atoms with Gasteiger partial charge in [-0.05, 0) is 160 Å². The Hall–Kier alpha value is -8.66. The minimum absolute atomic E-state index is 1.07. The predicted octanol–water partition coefficient (Wildman–Crippen LogP) is 17.7. The maximum atomic E-state index is 4.25. The molecule has 314 valence electrons. The van der Waals surface area contributed by atoms with Gasteiger partial charge in [-0.3, -0.25) is 0 Å². The lowest BCUT2D eigenvalue weighted by Gasteiger charge is -2.26. The largest absolute Gasteiger partial charge is 0.310 e. The molecule has 66 heavy (non-hydrogen) atoms. The van der Waals surface area contributed by atoms with E-state index in [9.17, 15) is 0 Å². The summed E-state index contributed by atoms with van der Waals surface area (Å²) in [5.41, 5.74) is 16.8. The van der Waals surface area contributed by atoms with Crippen LogP contribution in [0.3, 0.4) is 0 Å². The van der Waals surface area contributed by atoms with Crippen LogP contribution in [0.25, 0.3) is 67.1 Å². The van der Waals surface area contributed by atoms with Crippen molar-refractivity contribution in [2.75, 3.05) is 9.80 Å².